The van der Waals surface area contributed by atoms with Crippen LogP contribution in [-0.4, -0.2) is 34.9 Å². The zero-order chi connectivity index (χ0) is 27.2. The number of unbranched alkanes of at least 4 members (excludes halogenated alkanes) is 23. The first-order valence-electron chi connectivity index (χ1n) is 16.4. The lowest BCUT2D eigenvalue weighted by Gasteiger charge is -2.19. The zero-order valence-corrected chi connectivity index (χ0v) is 25.0. The van der Waals surface area contributed by atoms with E-state index in [1.165, 1.54) is 141 Å². The number of amides is 1. The summed E-state index contributed by atoms with van der Waals surface area (Å²) < 4.78 is 0. The zero-order valence-electron chi connectivity index (χ0n) is 25.0. The number of hydrogen-bond acceptors (Lipinski definition) is 3. The summed E-state index contributed by atoms with van der Waals surface area (Å²) in [4.78, 5) is 11.4. The Bertz CT molecular complexity index is 494. The number of nitrogens with one attached hydrogen (secondary N) is 1. The third kappa shape index (κ3) is 26.5. The number of aliphatic hydroxyl groups is 2. The van der Waals surface area contributed by atoms with Gasteiger partial charge in [-0.2, -0.15) is 0 Å². The van der Waals surface area contributed by atoms with Gasteiger partial charge < -0.3 is 15.5 Å². The number of rotatable bonds is 29. The van der Waals surface area contributed by atoms with Gasteiger partial charge in [0, 0.05) is 6.42 Å². The quantitative estimate of drug-likeness (QED) is 0.0676. The van der Waals surface area contributed by atoms with E-state index in [0.717, 1.165) is 12.8 Å². The van der Waals surface area contributed by atoms with Gasteiger partial charge in [0.1, 0.15) is 0 Å². The molecule has 0 aliphatic heterocycles. The Labute approximate surface area is 231 Å². The normalized spacial score (nSPS) is 13.3. The van der Waals surface area contributed by atoms with Crippen LogP contribution in [0.15, 0.2) is 12.2 Å². The molecule has 37 heavy (non-hydrogen) atoms. The highest BCUT2D eigenvalue weighted by atomic mass is 16.3. The van der Waals surface area contributed by atoms with Crippen LogP contribution in [0.5, 0.6) is 0 Å². The van der Waals surface area contributed by atoms with E-state index in [9.17, 15) is 15.0 Å². The van der Waals surface area contributed by atoms with E-state index >= 15 is 0 Å². The lowest BCUT2D eigenvalue weighted by molar-refractivity contribution is -0.122. The van der Waals surface area contributed by atoms with Gasteiger partial charge in [0.15, 0.2) is 0 Å². The summed E-state index contributed by atoms with van der Waals surface area (Å²) >= 11 is 0. The summed E-state index contributed by atoms with van der Waals surface area (Å²) in [5.41, 5.74) is 0. The summed E-state index contributed by atoms with van der Waals surface area (Å²) in [6.07, 6.45) is 36.3. The third-order valence-electron chi connectivity index (χ3n) is 7.58. The van der Waals surface area contributed by atoms with Crippen LogP contribution in [0.1, 0.15) is 174 Å². The highest BCUT2D eigenvalue weighted by Crippen LogP contribution is 2.15. The summed E-state index contributed by atoms with van der Waals surface area (Å²) in [7, 11) is 0. The van der Waals surface area contributed by atoms with Crippen molar-refractivity contribution in [1.29, 1.82) is 0 Å². The van der Waals surface area contributed by atoms with Gasteiger partial charge >= 0.3 is 0 Å². The first-order valence-corrected chi connectivity index (χ1v) is 16.4. The van der Waals surface area contributed by atoms with Crippen molar-refractivity contribution in [2.45, 2.75) is 187 Å². The van der Waals surface area contributed by atoms with Gasteiger partial charge in [-0.15, -0.1) is 0 Å². The standard InChI is InChI=1S/C33H65NO3/c1-3-5-6-7-8-9-10-11-12-13-14-15-16-17-18-19-20-21-22-23-24-25-26-27-28-29-32(36)31(30-35)34-33(37)4-2/h28-29,31-32,35-36H,3-27,30H2,1-2H3,(H,34,37)/b29-28+. The van der Waals surface area contributed by atoms with Crippen LogP contribution in [0.25, 0.3) is 0 Å². The maximum Gasteiger partial charge on any atom is 0.220 e. The molecule has 3 N–H and O–H groups in total. The Kier molecular flexibility index (Phi) is 29.0. The Morgan fingerprint density at radius 1 is 0.622 bits per heavy atom. The molecule has 0 aromatic rings. The second kappa shape index (κ2) is 29.7. The predicted octanol–water partition coefficient (Wildman–Crippen LogP) is 9.17. The van der Waals surface area contributed by atoms with Gasteiger partial charge in [-0.25, -0.2) is 0 Å². The van der Waals surface area contributed by atoms with Crippen molar-refractivity contribution in [3.8, 4) is 0 Å². The molecular formula is C33H65NO3. The SMILES string of the molecule is CCCCCCCCCCCCCCCCCCCCCCCCC/C=C/C(O)C(CO)NC(=O)CC. The molecule has 2 unspecified atom stereocenters. The Balaban J connectivity index is 3.28. The van der Waals surface area contributed by atoms with Crippen molar-refractivity contribution in [2.24, 2.45) is 0 Å². The Morgan fingerprint density at radius 2 is 0.973 bits per heavy atom. The fraction of sp³-hybridized carbons (Fsp3) is 0.909. The summed E-state index contributed by atoms with van der Waals surface area (Å²) in [6.45, 7) is 3.80. The molecule has 0 radical (unpaired) electrons. The third-order valence-corrected chi connectivity index (χ3v) is 7.58. The van der Waals surface area contributed by atoms with Gasteiger partial charge in [-0.1, -0.05) is 167 Å². The topological polar surface area (TPSA) is 69.6 Å². The minimum atomic E-state index is -0.829. The van der Waals surface area contributed by atoms with Crippen LogP contribution in [0.4, 0.5) is 0 Å². The molecule has 0 saturated heterocycles. The second-order valence-corrected chi connectivity index (χ2v) is 11.2. The average molecular weight is 524 g/mol. The molecule has 0 aromatic carbocycles. The minimum Gasteiger partial charge on any atom is -0.394 e. The van der Waals surface area contributed by atoms with Crippen molar-refractivity contribution in [2.75, 3.05) is 6.61 Å². The second-order valence-electron chi connectivity index (χ2n) is 11.2. The molecular weight excluding hydrogens is 458 g/mol. The van der Waals surface area contributed by atoms with Gasteiger partial charge in [-0.3, -0.25) is 4.79 Å². The maximum absolute atomic E-state index is 11.4. The van der Waals surface area contributed by atoms with Crippen molar-refractivity contribution in [3.63, 3.8) is 0 Å². The molecule has 1 amide bonds. The van der Waals surface area contributed by atoms with Crippen LogP contribution in [0, 0.1) is 0 Å². The van der Waals surface area contributed by atoms with Crippen molar-refractivity contribution in [3.05, 3.63) is 12.2 Å². The summed E-state index contributed by atoms with van der Waals surface area (Å²) in [5.74, 6) is -0.152. The molecule has 0 saturated carbocycles. The number of aliphatic hydroxyl groups excluding tert-OH is 2. The molecule has 0 aliphatic rings. The Hall–Kier alpha value is -0.870. The van der Waals surface area contributed by atoms with E-state index in [-0.39, 0.29) is 12.5 Å². The van der Waals surface area contributed by atoms with Gasteiger partial charge in [-0.05, 0) is 12.8 Å². The van der Waals surface area contributed by atoms with E-state index < -0.39 is 12.1 Å². The van der Waals surface area contributed by atoms with Crippen molar-refractivity contribution >= 4 is 5.91 Å². The summed E-state index contributed by atoms with van der Waals surface area (Å²) in [5, 5.41) is 22.0. The van der Waals surface area contributed by atoms with Crippen LogP contribution in [0.2, 0.25) is 0 Å². The van der Waals surface area contributed by atoms with E-state index in [1.807, 2.05) is 6.08 Å². The largest absolute Gasteiger partial charge is 0.394 e. The van der Waals surface area contributed by atoms with Gasteiger partial charge in [0.05, 0.1) is 18.8 Å². The molecule has 0 heterocycles. The number of carbonyl (C=O) groups excluding carboxylic acids is 1. The van der Waals surface area contributed by atoms with Crippen LogP contribution in [0.3, 0.4) is 0 Å². The van der Waals surface area contributed by atoms with E-state index in [1.54, 1.807) is 13.0 Å². The fourth-order valence-corrected chi connectivity index (χ4v) is 4.97. The molecule has 0 aliphatic carbocycles. The molecule has 0 fully saturated rings. The molecule has 0 spiro atoms. The number of hydrogen-bond donors (Lipinski definition) is 3. The van der Waals surface area contributed by atoms with Crippen LogP contribution >= 0.6 is 0 Å². The molecule has 0 rings (SSSR count). The fourth-order valence-electron chi connectivity index (χ4n) is 4.97. The average Bonchev–Trinajstić information content (AvgIpc) is 2.91. The lowest BCUT2D eigenvalue weighted by Crippen LogP contribution is -2.44. The predicted molar refractivity (Wildman–Crippen MR) is 161 cm³/mol. The monoisotopic (exact) mass is 523 g/mol. The molecule has 4 heteroatoms. The smallest absolute Gasteiger partial charge is 0.220 e. The number of carbonyl (C=O) groups is 1. The van der Waals surface area contributed by atoms with E-state index in [4.69, 9.17) is 0 Å². The lowest BCUT2D eigenvalue weighted by atomic mass is 10.0. The van der Waals surface area contributed by atoms with Gasteiger partial charge in [0.25, 0.3) is 0 Å². The molecule has 220 valence electrons. The van der Waals surface area contributed by atoms with Crippen molar-refractivity contribution in [1.82, 2.24) is 5.32 Å². The highest BCUT2D eigenvalue weighted by molar-refractivity contribution is 5.75. The number of allylic oxidation sites excluding steroid dienone is 1. The Morgan fingerprint density at radius 3 is 1.30 bits per heavy atom. The highest BCUT2D eigenvalue weighted by Gasteiger charge is 2.17. The molecule has 4 nitrogen and oxygen atoms in total. The first-order chi connectivity index (χ1) is 18.2. The van der Waals surface area contributed by atoms with Gasteiger partial charge in [0.2, 0.25) is 5.91 Å². The van der Waals surface area contributed by atoms with E-state index in [2.05, 4.69) is 12.2 Å². The summed E-state index contributed by atoms with van der Waals surface area (Å²) in [6, 6.07) is -0.613. The first kappa shape index (κ1) is 36.1. The molecule has 2 atom stereocenters. The van der Waals surface area contributed by atoms with E-state index in [0.29, 0.717) is 6.42 Å². The maximum atomic E-state index is 11.4. The van der Waals surface area contributed by atoms with Crippen molar-refractivity contribution < 1.29 is 15.0 Å². The van der Waals surface area contributed by atoms with Crippen LogP contribution in [-0.2, 0) is 4.79 Å². The molecule has 0 bridgehead atoms. The van der Waals surface area contributed by atoms with Crippen LogP contribution < -0.4 is 5.32 Å². The minimum absolute atomic E-state index is 0.152. The molecule has 0 aromatic heterocycles.